The van der Waals surface area contributed by atoms with Gasteiger partial charge in [-0.15, -0.1) is 0 Å². The Morgan fingerprint density at radius 2 is 1.83 bits per heavy atom. The minimum absolute atomic E-state index is 0.0653. The molecule has 0 fully saturated rings. The van der Waals surface area contributed by atoms with Crippen LogP contribution in [0.15, 0.2) is 71.7 Å². The molecule has 0 saturated carbocycles. The highest BCUT2D eigenvalue weighted by atomic mass is 16.5. The van der Waals surface area contributed by atoms with Crippen molar-refractivity contribution >= 4 is 11.0 Å². The third-order valence-electron chi connectivity index (χ3n) is 6.11. The molecule has 5 nitrogen and oxygen atoms in total. The Morgan fingerprint density at radius 3 is 2.70 bits per heavy atom. The number of para-hydroxylation sites is 1. The molecule has 148 valence electrons. The molecule has 0 aliphatic carbocycles. The van der Waals surface area contributed by atoms with E-state index in [0.717, 1.165) is 28.0 Å². The van der Waals surface area contributed by atoms with Gasteiger partial charge in [0.1, 0.15) is 11.5 Å². The maximum absolute atomic E-state index is 14.0. The number of rotatable bonds is 1. The van der Waals surface area contributed by atoms with Gasteiger partial charge in [0, 0.05) is 23.6 Å². The van der Waals surface area contributed by atoms with E-state index in [0.29, 0.717) is 30.2 Å². The Kier molecular flexibility index (Phi) is 3.72. The second-order valence-electron chi connectivity index (χ2n) is 7.99. The zero-order chi connectivity index (χ0) is 20.2. The van der Waals surface area contributed by atoms with Crippen LogP contribution in [0.25, 0.3) is 16.7 Å². The SMILES string of the molecule is Cc1ccc2c(c1)[C@@H]1c3c(c4cccnc4n(-c4ccccc4)c3=O)OC[C@@H]1CO2. The molecule has 0 spiro atoms. The molecular formula is C25H20N2O3. The Labute approximate surface area is 173 Å². The van der Waals surface area contributed by atoms with Gasteiger partial charge in [0.2, 0.25) is 0 Å². The number of pyridine rings is 2. The Hall–Kier alpha value is -3.60. The van der Waals surface area contributed by atoms with Gasteiger partial charge in [-0.05, 0) is 37.3 Å². The maximum Gasteiger partial charge on any atom is 0.264 e. The average Bonchev–Trinajstić information content (AvgIpc) is 2.79. The van der Waals surface area contributed by atoms with E-state index < -0.39 is 0 Å². The summed E-state index contributed by atoms with van der Waals surface area (Å²) in [5.74, 6) is 1.54. The number of hydrogen-bond acceptors (Lipinski definition) is 4. The molecule has 0 amide bonds. The number of hydrogen-bond donors (Lipinski definition) is 0. The molecule has 4 aromatic rings. The summed E-state index contributed by atoms with van der Waals surface area (Å²) in [7, 11) is 0. The molecule has 5 heteroatoms. The number of benzene rings is 2. The van der Waals surface area contributed by atoms with Crippen molar-refractivity contribution in [1.29, 1.82) is 0 Å². The summed E-state index contributed by atoms with van der Waals surface area (Å²) >= 11 is 0. The van der Waals surface area contributed by atoms with Crippen molar-refractivity contribution in [1.82, 2.24) is 9.55 Å². The highest BCUT2D eigenvalue weighted by Gasteiger charge is 2.41. The van der Waals surface area contributed by atoms with Crippen LogP contribution in [-0.2, 0) is 0 Å². The van der Waals surface area contributed by atoms with Crippen molar-refractivity contribution in [3.8, 4) is 17.2 Å². The van der Waals surface area contributed by atoms with Gasteiger partial charge in [0.25, 0.3) is 5.56 Å². The molecule has 0 bridgehead atoms. The first kappa shape index (κ1) is 17.3. The van der Waals surface area contributed by atoms with Crippen LogP contribution in [0.4, 0.5) is 0 Å². The standard InChI is InChI=1S/C25H20N2O3/c1-15-9-10-20-19(12-15)21-16(13-29-20)14-30-23-18-8-5-11-26-24(18)27(25(28)22(21)23)17-6-3-2-4-7-17/h2-12,16,21H,13-14H2,1H3/t16-,21+/m0/s1. The molecule has 2 aliphatic heterocycles. The molecule has 0 saturated heterocycles. The molecule has 2 aromatic heterocycles. The first-order chi connectivity index (χ1) is 14.7. The van der Waals surface area contributed by atoms with Gasteiger partial charge in [-0.3, -0.25) is 9.36 Å². The second-order valence-corrected chi connectivity index (χ2v) is 7.99. The van der Waals surface area contributed by atoms with Crippen LogP contribution in [0, 0.1) is 12.8 Å². The molecule has 6 rings (SSSR count). The van der Waals surface area contributed by atoms with E-state index in [4.69, 9.17) is 9.47 Å². The van der Waals surface area contributed by atoms with Crippen LogP contribution in [0.2, 0.25) is 0 Å². The van der Waals surface area contributed by atoms with Gasteiger partial charge in [-0.25, -0.2) is 4.98 Å². The summed E-state index contributed by atoms with van der Waals surface area (Å²) in [6.07, 6.45) is 1.71. The van der Waals surface area contributed by atoms with Gasteiger partial charge < -0.3 is 9.47 Å². The van der Waals surface area contributed by atoms with Crippen molar-refractivity contribution in [3.05, 3.63) is 93.9 Å². The maximum atomic E-state index is 14.0. The van der Waals surface area contributed by atoms with Crippen LogP contribution >= 0.6 is 0 Å². The average molecular weight is 396 g/mol. The summed E-state index contributed by atoms with van der Waals surface area (Å²) in [6, 6.07) is 19.7. The zero-order valence-corrected chi connectivity index (χ0v) is 16.5. The Morgan fingerprint density at radius 1 is 1.00 bits per heavy atom. The molecular weight excluding hydrogens is 376 g/mol. The van der Waals surface area contributed by atoms with Crippen LogP contribution in [0.1, 0.15) is 22.6 Å². The number of nitrogens with zero attached hydrogens (tertiary/aromatic N) is 2. The zero-order valence-electron chi connectivity index (χ0n) is 16.5. The van der Waals surface area contributed by atoms with Gasteiger partial charge in [-0.1, -0.05) is 35.9 Å². The quantitative estimate of drug-likeness (QED) is 0.483. The van der Waals surface area contributed by atoms with E-state index in [2.05, 4.69) is 18.0 Å². The van der Waals surface area contributed by atoms with Crippen molar-refractivity contribution in [2.45, 2.75) is 12.8 Å². The normalized spacial score (nSPS) is 19.2. The highest BCUT2D eigenvalue weighted by molar-refractivity contribution is 5.86. The molecule has 0 unspecified atom stereocenters. The lowest BCUT2D eigenvalue weighted by atomic mass is 9.77. The van der Waals surface area contributed by atoms with E-state index >= 15 is 0 Å². The molecule has 30 heavy (non-hydrogen) atoms. The van der Waals surface area contributed by atoms with Crippen molar-refractivity contribution in [2.24, 2.45) is 5.92 Å². The van der Waals surface area contributed by atoms with E-state index in [1.807, 2.05) is 54.6 Å². The lowest BCUT2D eigenvalue weighted by Gasteiger charge is -2.38. The Bertz CT molecular complexity index is 1340. The van der Waals surface area contributed by atoms with Crippen LogP contribution in [-0.4, -0.2) is 22.8 Å². The van der Waals surface area contributed by atoms with E-state index in [-0.39, 0.29) is 17.4 Å². The van der Waals surface area contributed by atoms with Gasteiger partial charge in [0.15, 0.2) is 5.65 Å². The molecule has 2 atom stereocenters. The molecule has 2 aromatic carbocycles. The first-order valence-electron chi connectivity index (χ1n) is 10.2. The summed E-state index contributed by atoms with van der Waals surface area (Å²) < 4.78 is 13.9. The number of aryl methyl sites for hydroxylation is 1. The third kappa shape index (κ3) is 2.41. The minimum atomic E-state index is -0.0774. The van der Waals surface area contributed by atoms with E-state index in [1.165, 1.54) is 0 Å². The number of ether oxygens (including phenoxy) is 2. The summed E-state index contributed by atoms with van der Waals surface area (Å²) in [5.41, 5.74) is 4.25. The Balaban J connectivity index is 1.72. The lowest BCUT2D eigenvalue weighted by Crippen LogP contribution is -2.40. The molecule has 0 N–H and O–H groups in total. The number of fused-ring (bicyclic) bond motifs is 7. The predicted molar refractivity (Wildman–Crippen MR) is 115 cm³/mol. The largest absolute Gasteiger partial charge is 0.493 e. The second kappa shape index (κ2) is 6.46. The fraction of sp³-hybridized carbons (Fsp3) is 0.200. The summed E-state index contributed by atoms with van der Waals surface area (Å²) in [5, 5.41) is 0.857. The van der Waals surface area contributed by atoms with Gasteiger partial charge in [0.05, 0.1) is 29.9 Å². The van der Waals surface area contributed by atoms with E-state index in [1.54, 1.807) is 10.8 Å². The van der Waals surface area contributed by atoms with Crippen molar-refractivity contribution in [2.75, 3.05) is 13.2 Å². The number of aromatic nitrogens is 2. The van der Waals surface area contributed by atoms with E-state index in [9.17, 15) is 4.79 Å². The van der Waals surface area contributed by atoms with Crippen LogP contribution in [0.3, 0.4) is 0 Å². The van der Waals surface area contributed by atoms with Gasteiger partial charge >= 0.3 is 0 Å². The highest BCUT2D eigenvalue weighted by Crippen LogP contribution is 2.48. The minimum Gasteiger partial charge on any atom is -0.493 e. The first-order valence-corrected chi connectivity index (χ1v) is 10.2. The lowest BCUT2D eigenvalue weighted by molar-refractivity contribution is 0.126. The smallest absolute Gasteiger partial charge is 0.264 e. The topological polar surface area (TPSA) is 53.4 Å². The molecule has 0 radical (unpaired) electrons. The monoisotopic (exact) mass is 396 g/mol. The fourth-order valence-electron chi connectivity index (χ4n) is 4.77. The summed E-state index contributed by atoms with van der Waals surface area (Å²) in [6.45, 7) is 3.12. The van der Waals surface area contributed by atoms with Crippen molar-refractivity contribution in [3.63, 3.8) is 0 Å². The summed E-state index contributed by atoms with van der Waals surface area (Å²) in [4.78, 5) is 18.5. The van der Waals surface area contributed by atoms with Gasteiger partial charge in [-0.2, -0.15) is 0 Å². The predicted octanol–water partition coefficient (Wildman–Crippen LogP) is 4.23. The molecule has 4 heterocycles. The third-order valence-corrected chi connectivity index (χ3v) is 6.11. The van der Waals surface area contributed by atoms with Crippen LogP contribution in [0.5, 0.6) is 11.5 Å². The van der Waals surface area contributed by atoms with Crippen LogP contribution < -0.4 is 15.0 Å². The van der Waals surface area contributed by atoms with Crippen molar-refractivity contribution < 1.29 is 9.47 Å². The fourth-order valence-corrected chi connectivity index (χ4v) is 4.77. The molecule has 2 aliphatic rings.